The molecule has 0 radical (unpaired) electrons. The van der Waals surface area contributed by atoms with E-state index in [2.05, 4.69) is 65.0 Å². The van der Waals surface area contributed by atoms with Crippen LogP contribution in [0.15, 0.2) is 97.5 Å². The maximum absolute atomic E-state index is 11.2. The standard InChI is InChI=1S/C26H25N3O2/c1-19-12-14-22(15-13-19)26(20-8-4-2-5-9-20,21-10-6-3-7-11-21)29-17-23(28-18-29)16-24(27)25(30)31/h2-15,17-18,24H,16,27H2,1H3,(H,30,31). The number of nitrogens with zero attached hydrogens (tertiary/aromatic N) is 2. The van der Waals surface area contributed by atoms with E-state index >= 15 is 0 Å². The van der Waals surface area contributed by atoms with Gasteiger partial charge in [-0.1, -0.05) is 90.5 Å². The second-order valence-electron chi connectivity index (χ2n) is 7.73. The van der Waals surface area contributed by atoms with Gasteiger partial charge in [0, 0.05) is 12.6 Å². The summed E-state index contributed by atoms with van der Waals surface area (Å²) in [6.45, 7) is 2.07. The Morgan fingerprint density at radius 1 is 0.935 bits per heavy atom. The largest absolute Gasteiger partial charge is 0.480 e. The molecule has 0 fully saturated rings. The van der Waals surface area contributed by atoms with Crippen molar-refractivity contribution >= 4 is 5.97 Å². The first-order valence-electron chi connectivity index (χ1n) is 10.2. The molecule has 5 nitrogen and oxygen atoms in total. The van der Waals surface area contributed by atoms with Crippen LogP contribution in [0.5, 0.6) is 0 Å². The number of benzene rings is 3. The molecular formula is C26H25N3O2. The summed E-state index contributed by atoms with van der Waals surface area (Å²) in [6, 6.07) is 28.0. The number of hydrogen-bond acceptors (Lipinski definition) is 3. The zero-order valence-corrected chi connectivity index (χ0v) is 17.3. The number of hydrogen-bond donors (Lipinski definition) is 2. The van der Waals surface area contributed by atoms with Crippen LogP contribution < -0.4 is 5.73 Å². The molecule has 4 rings (SSSR count). The lowest BCUT2D eigenvalue weighted by Crippen LogP contribution is -2.37. The number of aliphatic carboxylic acids is 1. The van der Waals surface area contributed by atoms with E-state index in [0.29, 0.717) is 5.69 Å². The summed E-state index contributed by atoms with van der Waals surface area (Å²) in [7, 11) is 0. The third kappa shape index (κ3) is 3.88. The van der Waals surface area contributed by atoms with Crippen molar-refractivity contribution in [2.45, 2.75) is 24.9 Å². The maximum atomic E-state index is 11.2. The molecule has 0 amide bonds. The van der Waals surface area contributed by atoms with Gasteiger partial charge in [-0.2, -0.15) is 0 Å². The van der Waals surface area contributed by atoms with Crippen molar-refractivity contribution in [1.29, 1.82) is 0 Å². The lowest BCUT2D eigenvalue weighted by atomic mass is 9.76. The number of aryl methyl sites for hydroxylation is 1. The molecule has 1 atom stereocenters. The summed E-state index contributed by atoms with van der Waals surface area (Å²) in [5, 5.41) is 9.21. The summed E-state index contributed by atoms with van der Waals surface area (Å²) >= 11 is 0. The fourth-order valence-electron chi connectivity index (χ4n) is 4.07. The summed E-state index contributed by atoms with van der Waals surface area (Å²) < 4.78 is 2.06. The fraction of sp³-hybridized carbons (Fsp3) is 0.154. The summed E-state index contributed by atoms with van der Waals surface area (Å²) in [6.07, 6.45) is 3.84. The van der Waals surface area contributed by atoms with Gasteiger partial charge in [0.2, 0.25) is 0 Å². The van der Waals surface area contributed by atoms with Crippen LogP contribution in [0.3, 0.4) is 0 Å². The van der Waals surface area contributed by atoms with Gasteiger partial charge < -0.3 is 15.4 Å². The second kappa shape index (κ2) is 8.58. The highest BCUT2D eigenvalue weighted by Crippen LogP contribution is 2.40. The smallest absolute Gasteiger partial charge is 0.320 e. The van der Waals surface area contributed by atoms with Gasteiger partial charge in [-0.25, -0.2) is 4.98 Å². The predicted octanol–water partition coefficient (Wildman–Crippen LogP) is 3.99. The van der Waals surface area contributed by atoms with Crippen molar-refractivity contribution in [3.63, 3.8) is 0 Å². The van der Waals surface area contributed by atoms with Crippen LogP contribution in [0.2, 0.25) is 0 Å². The number of carboxylic acids is 1. The first-order chi connectivity index (χ1) is 15.0. The second-order valence-corrected chi connectivity index (χ2v) is 7.73. The molecule has 0 bridgehead atoms. The van der Waals surface area contributed by atoms with Gasteiger partial charge in [0.05, 0.1) is 12.0 Å². The third-order valence-corrected chi connectivity index (χ3v) is 5.62. The molecule has 156 valence electrons. The SMILES string of the molecule is Cc1ccc(C(c2ccccc2)(c2ccccc2)n2cnc(CC(N)C(=O)O)c2)cc1. The molecule has 1 heterocycles. The zero-order chi connectivity index (χ0) is 21.8. The van der Waals surface area contributed by atoms with Crippen molar-refractivity contribution in [1.82, 2.24) is 9.55 Å². The lowest BCUT2D eigenvalue weighted by molar-refractivity contribution is -0.138. The number of rotatable bonds is 7. The highest BCUT2D eigenvalue weighted by molar-refractivity contribution is 5.73. The molecule has 0 aliphatic heterocycles. The molecule has 0 saturated carbocycles. The number of nitrogens with two attached hydrogens (primary N) is 1. The Balaban J connectivity index is 1.98. The van der Waals surface area contributed by atoms with E-state index in [0.717, 1.165) is 16.7 Å². The topological polar surface area (TPSA) is 81.1 Å². The Labute approximate surface area is 181 Å². The third-order valence-electron chi connectivity index (χ3n) is 5.62. The minimum Gasteiger partial charge on any atom is -0.480 e. The number of aromatic nitrogens is 2. The number of carboxylic acid groups (broad SMARTS) is 1. The molecule has 0 aliphatic rings. The molecule has 0 spiro atoms. The monoisotopic (exact) mass is 411 g/mol. The van der Waals surface area contributed by atoms with Crippen molar-refractivity contribution in [2.75, 3.05) is 0 Å². The Hall–Kier alpha value is -3.70. The Bertz CT molecular complexity index is 1110. The van der Waals surface area contributed by atoms with Crippen molar-refractivity contribution in [3.8, 4) is 0 Å². The number of imidazole rings is 1. The van der Waals surface area contributed by atoms with Crippen molar-refractivity contribution in [3.05, 3.63) is 125 Å². The van der Waals surface area contributed by atoms with Crippen LogP contribution in [0.25, 0.3) is 0 Å². The molecule has 3 N–H and O–H groups in total. The van der Waals surface area contributed by atoms with Gasteiger partial charge in [-0.05, 0) is 23.6 Å². The highest BCUT2D eigenvalue weighted by Gasteiger charge is 2.38. The van der Waals surface area contributed by atoms with E-state index in [9.17, 15) is 9.90 Å². The van der Waals surface area contributed by atoms with Gasteiger partial charge in [-0.15, -0.1) is 0 Å². The van der Waals surface area contributed by atoms with Crippen molar-refractivity contribution in [2.24, 2.45) is 5.73 Å². The van der Waals surface area contributed by atoms with E-state index in [1.807, 2.05) is 42.6 Å². The number of carbonyl (C=O) groups is 1. The summed E-state index contributed by atoms with van der Waals surface area (Å²) in [5.74, 6) is -1.04. The highest BCUT2D eigenvalue weighted by atomic mass is 16.4. The van der Waals surface area contributed by atoms with Crippen LogP contribution in [-0.2, 0) is 16.8 Å². The van der Waals surface area contributed by atoms with Gasteiger partial charge in [-0.3, -0.25) is 4.79 Å². The van der Waals surface area contributed by atoms with Gasteiger partial charge >= 0.3 is 5.97 Å². The summed E-state index contributed by atoms with van der Waals surface area (Å²) in [4.78, 5) is 15.8. The first kappa shape index (κ1) is 20.6. The molecule has 1 unspecified atom stereocenters. The van der Waals surface area contributed by atoms with Crippen molar-refractivity contribution < 1.29 is 9.90 Å². The van der Waals surface area contributed by atoms with E-state index in [4.69, 9.17) is 5.73 Å². The van der Waals surface area contributed by atoms with Crippen LogP contribution in [0.1, 0.15) is 27.9 Å². The predicted molar refractivity (Wildman–Crippen MR) is 121 cm³/mol. The van der Waals surface area contributed by atoms with Gasteiger partial charge in [0.1, 0.15) is 11.6 Å². The maximum Gasteiger partial charge on any atom is 0.320 e. The molecule has 31 heavy (non-hydrogen) atoms. The van der Waals surface area contributed by atoms with Gasteiger partial charge in [0.15, 0.2) is 0 Å². The van der Waals surface area contributed by atoms with E-state index in [-0.39, 0.29) is 6.42 Å². The molecule has 4 aromatic rings. The van der Waals surface area contributed by atoms with Crippen LogP contribution >= 0.6 is 0 Å². The van der Waals surface area contributed by atoms with E-state index < -0.39 is 17.6 Å². The normalized spacial score (nSPS) is 12.5. The Kier molecular flexibility index (Phi) is 5.69. The minimum absolute atomic E-state index is 0.163. The molecule has 1 aromatic heterocycles. The average molecular weight is 412 g/mol. The quantitative estimate of drug-likeness (QED) is 0.451. The van der Waals surface area contributed by atoms with E-state index in [1.54, 1.807) is 6.33 Å². The molecule has 0 saturated heterocycles. The molecule has 0 aliphatic carbocycles. The van der Waals surface area contributed by atoms with Crippen LogP contribution in [0.4, 0.5) is 0 Å². The zero-order valence-electron chi connectivity index (χ0n) is 17.3. The van der Waals surface area contributed by atoms with E-state index in [1.165, 1.54) is 5.56 Å². The molecule has 3 aromatic carbocycles. The van der Waals surface area contributed by atoms with Crippen LogP contribution in [-0.4, -0.2) is 26.7 Å². The minimum atomic E-state index is -1.04. The van der Waals surface area contributed by atoms with Gasteiger partial charge in [0.25, 0.3) is 0 Å². The fourth-order valence-corrected chi connectivity index (χ4v) is 4.07. The first-order valence-corrected chi connectivity index (χ1v) is 10.2. The molecular weight excluding hydrogens is 386 g/mol. The molecule has 5 heteroatoms. The summed E-state index contributed by atoms with van der Waals surface area (Å²) in [5.41, 5.74) is 10.2. The van der Waals surface area contributed by atoms with Crippen LogP contribution in [0, 0.1) is 6.92 Å². The Morgan fingerprint density at radius 3 is 1.97 bits per heavy atom. The lowest BCUT2D eigenvalue weighted by Gasteiger charge is -2.37. The average Bonchev–Trinajstić information content (AvgIpc) is 3.25. The Morgan fingerprint density at radius 2 is 1.45 bits per heavy atom.